The van der Waals surface area contributed by atoms with E-state index in [1.165, 1.54) is 18.5 Å². The first kappa shape index (κ1) is 24.0. The number of imidazole rings is 1. The molecule has 1 fully saturated rings. The molecular formula is C28H31ClN4O. The first-order valence-electron chi connectivity index (χ1n) is 12.1. The maximum atomic E-state index is 11.6. The van der Waals surface area contributed by atoms with Crippen molar-refractivity contribution >= 4 is 23.6 Å². The fraction of sp³-hybridized carbons (Fsp3) is 0.393. The fourth-order valence-electron chi connectivity index (χ4n) is 4.76. The van der Waals surface area contributed by atoms with Crippen LogP contribution in [0.25, 0.3) is 11.1 Å². The number of hydrogen-bond donors (Lipinski definition) is 0. The maximum absolute atomic E-state index is 11.6. The van der Waals surface area contributed by atoms with E-state index in [0.29, 0.717) is 23.7 Å². The van der Waals surface area contributed by atoms with E-state index in [1.807, 2.05) is 10.6 Å². The summed E-state index contributed by atoms with van der Waals surface area (Å²) in [5.41, 5.74) is 5.29. The lowest BCUT2D eigenvalue weighted by Gasteiger charge is -2.33. The summed E-state index contributed by atoms with van der Waals surface area (Å²) in [6.45, 7) is 7.07. The van der Waals surface area contributed by atoms with Gasteiger partial charge in [0.1, 0.15) is 11.5 Å². The van der Waals surface area contributed by atoms with E-state index in [-0.39, 0.29) is 5.15 Å². The number of anilines is 1. The second-order valence-corrected chi connectivity index (χ2v) is 9.60. The first-order valence-corrected chi connectivity index (χ1v) is 12.5. The quantitative estimate of drug-likeness (QED) is 0.349. The van der Waals surface area contributed by atoms with E-state index in [9.17, 15) is 10.1 Å². The van der Waals surface area contributed by atoms with Crippen LogP contribution in [0.1, 0.15) is 67.0 Å². The van der Waals surface area contributed by atoms with Crippen molar-refractivity contribution in [1.29, 1.82) is 5.26 Å². The molecule has 1 aromatic heterocycles. The second kappa shape index (κ2) is 10.9. The zero-order valence-corrected chi connectivity index (χ0v) is 20.7. The van der Waals surface area contributed by atoms with Crippen molar-refractivity contribution in [3.63, 3.8) is 0 Å². The van der Waals surface area contributed by atoms with E-state index >= 15 is 0 Å². The van der Waals surface area contributed by atoms with Gasteiger partial charge in [-0.15, -0.1) is 0 Å². The molecule has 0 radical (unpaired) electrons. The monoisotopic (exact) mass is 474 g/mol. The highest BCUT2D eigenvalue weighted by Gasteiger charge is 2.19. The van der Waals surface area contributed by atoms with E-state index < -0.39 is 0 Å². The Balaban J connectivity index is 1.61. The Morgan fingerprint density at radius 2 is 2.03 bits per heavy atom. The third-order valence-corrected chi connectivity index (χ3v) is 6.94. The van der Waals surface area contributed by atoms with E-state index in [4.69, 9.17) is 11.6 Å². The van der Waals surface area contributed by atoms with Gasteiger partial charge in [0.2, 0.25) is 0 Å². The predicted molar refractivity (Wildman–Crippen MR) is 138 cm³/mol. The summed E-state index contributed by atoms with van der Waals surface area (Å²) >= 11 is 6.22. The average Bonchev–Trinajstić information content (AvgIpc) is 3.16. The Labute approximate surface area is 207 Å². The number of benzene rings is 2. The lowest BCUT2D eigenvalue weighted by molar-refractivity contribution is 0.111. The summed E-state index contributed by atoms with van der Waals surface area (Å²) in [6.07, 6.45) is 6.09. The highest BCUT2D eigenvalue weighted by Crippen LogP contribution is 2.31. The average molecular weight is 475 g/mol. The van der Waals surface area contributed by atoms with E-state index in [1.54, 1.807) is 0 Å². The van der Waals surface area contributed by atoms with Gasteiger partial charge < -0.3 is 9.47 Å². The topological polar surface area (TPSA) is 61.9 Å². The van der Waals surface area contributed by atoms with Crippen LogP contribution >= 0.6 is 11.6 Å². The molecule has 1 atom stereocenters. The molecule has 176 valence electrons. The van der Waals surface area contributed by atoms with Gasteiger partial charge in [-0.2, -0.15) is 5.26 Å². The maximum Gasteiger partial charge on any atom is 0.169 e. The van der Waals surface area contributed by atoms with Crippen LogP contribution in [0.2, 0.25) is 5.15 Å². The van der Waals surface area contributed by atoms with Crippen LogP contribution in [0.5, 0.6) is 0 Å². The van der Waals surface area contributed by atoms with Crippen LogP contribution in [-0.2, 0) is 13.0 Å². The molecule has 5 nitrogen and oxygen atoms in total. The number of carbonyl (C=O) groups is 1. The number of rotatable bonds is 8. The number of nitriles is 1. The second-order valence-electron chi connectivity index (χ2n) is 9.24. The molecular weight excluding hydrogens is 444 g/mol. The Kier molecular flexibility index (Phi) is 7.70. The molecule has 34 heavy (non-hydrogen) atoms. The van der Waals surface area contributed by atoms with Crippen molar-refractivity contribution in [3.8, 4) is 17.2 Å². The highest BCUT2D eigenvalue weighted by molar-refractivity contribution is 6.31. The summed E-state index contributed by atoms with van der Waals surface area (Å²) < 4.78 is 1.92. The number of carbonyl (C=O) groups excluding carboxylic acids is 1. The molecule has 2 aromatic carbocycles. The molecule has 1 aliphatic heterocycles. The van der Waals surface area contributed by atoms with Crippen molar-refractivity contribution in [3.05, 3.63) is 70.3 Å². The van der Waals surface area contributed by atoms with Crippen LogP contribution in [-0.4, -0.2) is 28.9 Å². The Bertz CT molecular complexity index is 1190. The smallest absolute Gasteiger partial charge is 0.169 e. The standard InChI is InChI=1S/C28H31ClN4O/c1-3-4-7-27-31-28(29)26(19-34)33(27)18-21-8-10-22(11-9-21)25-15-24(13-12-23(25)16-30)32-14-5-6-20(2)17-32/h8-13,15,19-20H,3-7,14,17-18H2,1-2H3/t20-/m0/s1. The molecule has 4 rings (SSSR count). The Morgan fingerprint density at radius 1 is 1.24 bits per heavy atom. The Morgan fingerprint density at radius 3 is 2.71 bits per heavy atom. The third-order valence-electron chi connectivity index (χ3n) is 6.66. The zero-order chi connectivity index (χ0) is 24.1. The van der Waals surface area contributed by atoms with Crippen LogP contribution in [0.3, 0.4) is 0 Å². The minimum atomic E-state index is 0.264. The van der Waals surface area contributed by atoms with Crippen molar-refractivity contribution in [2.24, 2.45) is 5.92 Å². The lowest BCUT2D eigenvalue weighted by Crippen LogP contribution is -2.34. The lowest BCUT2D eigenvalue weighted by atomic mass is 9.96. The number of aldehydes is 1. The summed E-state index contributed by atoms with van der Waals surface area (Å²) in [6, 6.07) is 16.7. The molecule has 0 aliphatic carbocycles. The number of hydrogen-bond acceptors (Lipinski definition) is 4. The van der Waals surface area contributed by atoms with Gasteiger partial charge in [0.15, 0.2) is 11.4 Å². The van der Waals surface area contributed by atoms with Crippen LogP contribution in [0.4, 0.5) is 5.69 Å². The van der Waals surface area contributed by atoms with Gasteiger partial charge in [0.25, 0.3) is 0 Å². The number of aryl methyl sites for hydroxylation is 1. The highest BCUT2D eigenvalue weighted by atomic mass is 35.5. The van der Waals surface area contributed by atoms with Crippen molar-refractivity contribution in [2.75, 3.05) is 18.0 Å². The summed E-state index contributed by atoms with van der Waals surface area (Å²) in [4.78, 5) is 18.5. The zero-order valence-electron chi connectivity index (χ0n) is 19.9. The number of aromatic nitrogens is 2. The summed E-state index contributed by atoms with van der Waals surface area (Å²) in [5.74, 6) is 1.52. The van der Waals surface area contributed by atoms with Gasteiger partial charge in [-0.1, -0.05) is 56.1 Å². The normalized spacial score (nSPS) is 15.8. The Hall–Kier alpha value is -3.10. The molecule has 0 bridgehead atoms. The molecule has 3 aromatic rings. The SMILES string of the molecule is CCCCc1nc(Cl)c(C=O)n1Cc1ccc(-c2cc(N3CCC[C@H](C)C3)ccc2C#N)cc1. The van der Waals surface area contributed by atoms with Crippen LogP contribution < -0.4 is 4.90 Å². The van der Waals surface area contributed by atoms with Gasteiger partial charge in [-0.05, 0) is 54.5 Å². The van der Waals surface area contributed by atoms with Crippen LogP contribution in [0, 0.1) is 17.2 Å². The van der Waals surface area contributed by atoms with Crippen LogP contribution in [0.15, 0.2) is 42.5 Å². The van der Waals surface area contributed by atoms with Gasteiger partial charge in [-0.3, -0.25) is 4.79 Å². The molecule has 0 saturated carbocycles. The molecule has 0 unspecified atom stereocenters. The molecule has 0 amide bonds. The minimum absolute atomic E-state index is 0.264. The van der Waals surface area contributed by atoms with Gasteiger partial charge in [-0.25, -0.2) is 4.98 Å². The number of nitrogens with zero attached hydrogens (tertiary/aromatic N) is 4. The third kappa shape index (κ3) is 5.18. The van der Waals surface area contributed by atoms with Gasteiger partial charge >= 0.3 is 0 Å². The van der Waals surface area contributed by atoms with Crippen molar-refractivity contribution in [1.82, 2.24) is 9.55 Å². The number of halogens is 1. The summed E-state index contributed by atoms with van der Waals surface area (Å²) in [5, 5.41) is 9.98. The number of piperidine rings is 1. The summed E-state index contributed by atoms with van der Waals surface area (Å²) in [7, 11) is 0. The van der Waals surface area contributed by atoms with Gasteiger partial charge in [0, 0.05) is 37.3 Å². The number of unbranched alkanes of at least 4 members (excludes halogenated alkanes) is 1. The van der Waals surface area contributed by atoms with E-state index in [2.05, 4.69) is 66.2 Å². The van der Waals surface area contributed by atoms with Crippen molar-refractivity contribution < 1.29 is 4.79 Å². The minimum Gasteiger partial charge on any atom is -0.371 e. The molecule has 2 heterocycles. The molecule has 0 spiro atoms. The molecule has 6 heteroatoms. The van der Waals surface area contributed by atoms with E-state index in [0.717, 1.165) is 61.2 Å². The molecule has 0 N–H and O–H groups in total. The molecule has 1 saturated heterocycles. The van der Waals surface area contributed by atoms with Gasteiger partial charge in [0.05, 0.1) is 11.6 Å². The fourth-order valence-corrected chi connectivity index (χ4v) is 5.00. The largest absolute Gasteiger partial charge is 0.371 e. The predicted octanol–water partition coefficient (Wildman–Crippen LogP) is 6.51. The van der Waals surface area contributed by atoms with Crippen molar-refractivity contribution in [2.45, 2.75) is 52.5 Å². The first-order chi connectivity index (χ1) is 16.5. The molecule has 1 aliphatic rings.